The van der Waals surface area contributed by atoms with Crippen LogP contribution in [0.1, 0.15) is 12.8 Å². The molecular weight excluding hydrogens is 270 g/mol. The topological polar surface area (TPSA) is 32.7 Å². The Labute approximate surface area is 104 Å². The fraction of sp³-hybridized carbons (Fsp3) is 0.500. The van der Waals surface area contributed by atoms with Gasteiger partial charge < -0.3 is 14.7 Å². The van der Waals surface area contributed by atoms with Crippen molar-refractivity contribution >= 4 is 15.9 Å². The Morgan fingerprint density at radius 3 is 2.94 bits per heavy atom. The predicted molar refractivity (Wildman–Crippen MR) is 67.0 cm³/mol. The summed E-state index contributed by atoms with van der Waals surface area (Å²) in [7, 11) is 2.12. The van der Waals surface area contributed by atoms with E-state index in [1.54, 1.807) is 12.1 Å². The Kier molecular flexibility index (Phi) is 3.71. The molecule has 2 rings (SSSR count). The van der Waals surface area contributed by atoms with Gasteiger partial charge in [0.1, 0.15) is 18.1 Å². The number of nitrogens with zero attached hydrogens (tertiary/aromatic N) is 1. The first-order chi connectivity index (χ1) is 7.65. The van der Waals surface area contributed by atoms with Crippen LogP contribution in [0.3, 0.4) is 0 Å². The molecule has 0 radical (unpaired) electrons. The number of rotatable bonds is 3. The van der Waals surface area contributed by atoms with Gasteiger partial charge in [0, 0.05) is 16.6 Å². The molecule has 1 N–H and O–H groups in total. The number of aromatic hydroxyl groups is 1. The lowest BCUT2D eigenvalue weighted by molar-refractivity contribution is 0.198. The van der Waals surface area contributed by atoms with E-state index in [0.717, 1.165) is 11.0 Å². The van der Waals surface area contributed by atoms with Gasteiger partial charge in [-0.25, -0.2) is 0 Å². The summed E-state index contributed by atoms with van der Waals surface area (Å²) in [5.41, 5.74) is 0. The molecule has 1 heterocycles. The molecule has 1 saturated heterocycles. The molecule has 0 aliphatic carbocycles. The molecule has 1 aromatic rings. The van der Waals surface area contributed by atoms with Crippen LogP contribution in [0, 0.1) is 0 Å². The predicted octanol–water partition coefficient (Wildman–Crippen LogP) is 2.63. The highest BCUT2D eigenvalue weighted by Gasteiger charge is 2.21. The maximum Gasteiger partial charge on any atom is 0.124 e. The van der Waals surface area contributed by atoms with Gasteiger partial charge in [-0.1, -0.05) is 15.9 Å². The number of likely N-dealkylation sites (tertiary alicyclic amines) is 1. The molecule has 3 nitrogen and oxygen atoms in total. The fourth-order valence-corrected chi connectivity index (χ4v) is 2.47. The molecule has 0 aromatic heterocycles. The van der Waals surface area contributed by atoms with Crippen molar-refractivity contribution in [2.45, 2.75) is 18.9 Å². The third kappa shape index (κ3) is 2.89. The van der Waals surface area contributed by atoms with Crippen molar-refractivity contribution in [2.75, 3.05) is 20.2 Å². The highest BCUT2D eigenvalue weighted by atomic mass is 79.9. The van der Waals surface area contributed by atoms with E-state index in [2.05, 4.69) is 27.9 Å². The van der Waals surface area contributed by atoms with Crippen LogP contribution in [0.15, 0.2) is 22.7 Å². The normalized spacial score (nSPS) is 21.2. The van der Waals surface area contributed by atoms with Crippen LogP contribution in [0.4, 0.5) is 0 Å². The van der Waals surface area contributed by atoms with Crippen molar-refractivity contribution in [2.24, 2.45) is 0 Å². The van der Waals surface area contributed by atoms with Crippen LogP contribution in [-0.2, 0) is 0 Å². The zero-order chi connectivity index (χ0) is 11.5. The van der Waals surface area contributed by atoms with Gasteiger partial charge in [0.25, 0.3) is 0 Å². The molecule has 0 bridgehead atoms. The zero-order valence-corrected chi connectivity index (χ0v) is 10.9. The molecule has 16 heavy (non-hydrogen) atoms. The summed E-state index contributed by atoms with van der Waals surface area (Å²) < 4.78 is 6.53. The van der Waals surface area contributed by atoms with Gasteiger partial charge in [0.2, 0.25) is 0 Å². The number of phenolic OH excluding ortho intramolecular Hbond substituents is 1. The third-order valence-corrected chi connectivity index (χ3v) is 3.43. The molecule has 1 aliphatic rings. The summed E-state index contributed by atoms with van der Waals surface area (Å²) in [4.78, 5) is 2.32. The van der Waals surface area contributed by atoms with E-state index in [1.165, 1.54) is 12.8 Å². The largest absolute Gasteiger partial charge is 0.508 e. The fourth-order valence-electron chi connectivity index (χ4n) is 2.01. The van der Waals surface area contributed by atoms with Crippen molar-refractivity contribution < 1.29 is 9.84 Å². The van der Waals surface area contributed by atoms with Crippen LogP contribution in [0.25, 0.3) is 0 Å². The smallest absolute Gasteiger partial charge is 0.124 e. The van der Waals surface area contributed by atoms with E-state index in [0.29, 0.717) is 18.4 Å². The van der Waals surface area contributed by atoms with Gasteiger partial charge in [-0.15, -0.1) is 0 Å². The average Bonchev–Trinajstić information content (AvgIpc) is 2.59. The van der Waals surface area contributed by atoms with E-state index in [-0.39, 0.29) is 5.75 Å². The second-order valence-electron chi connectivity index (χ2n) is 4.23. The van der Waals surface area contributed by atoms with Gasteiger partial charge in [-0.2, -0.15) is 0 Å². The Bertz CT molecular complexity index is 350. The first kappa shape index (κ1) is 11.7. The van der Waals surface area contributed by atoms with Gasteiger partial charge in [0.15, 0.2) is 0 Å². The van der Waals surface area contributed by atoms with Gasteiger partial charge >= 0.3 is 0 Å². The molecule has 0 saturated carbocycles. The Balaban J connectivity index is 1.94. The quantitative estimate of drug-likeness (QED) is 0.927. The average molecular weight is 286 g/mol. The van der Waals surface area contributed by atoms with E-state index < -0.39 is 0 Å². The van der Waals surface area contributed by atoms with Crippen LogP contribution >= 0.6 is 15.9 Å². The molecule has 1 atom stereocenters. The summed E-state index contributed by atoms with van der Waals surface area (Å²) in [5.74, 6) is 0.941. The molecule has 1 aromatic carbocycles. The van der Waals surface area contributed by atoms with Crippen molar-refractivity contribution in [3.8, 4) is 11.5 Å². The maximum absolute atomic E-state index is 9.42. The van der Waals surface area contributed by atoms with Gasteiger partial charge in [-0.05, 0) is 38.6 Å². The number of hydrogen-bond donors (Lipinski definition) is 1. The van der Waals surface area contributed by atoms with E-state index in [4.69, 9.17) is 4.74 Å². The number of hydrogen-bond acceptors (Lipinski definition) is 3. The number of phenols is 1. The summed E-state index contributed by atoms with van der Waals surface area (Å²) in [6, 6.07) is 5.66. The molecule has 0 unspecified atom stereocenters. The van der Waals surface area contributed by atoms with E-state index in [1.807, 2.05) is 6.07 Å². The Morgan fingerprint density at radius 1 is 1.50 bits per heavy atom. The van der Waals surface area contributed by atoms with E-state index in [9.17, 15) is 5.11 Å². The standard InChI is InChI=1S/C12H16BrNO2/c1-14-4-2-3-10(14)8-16-12-6-9(13)5-11(15)7-12/h5-7,10,15H,2-4,8H2,1H3/t10-/m0/s1. The summed E-state index contributed by atoms with van der Waals surface area (Å²) in [6.07, 6.45) is 2.44. The molecular formula is C12H16BrNO2. The van der Waals surface area contributed by atoms with Crippen LogP contribution in [0.5, 0.6) is 11.5 Å². The number of benzene rings is 1. The van der Waals surface area contributed by atoms with Gasteiger partial charge in [-0.3, -0.25) is 0 Å². The summed E-state index contributed by atoms with van der Waals surface area (Å²) in [6.45, 7) is 1.84. The zero-order valence-electron chi connectivity index (χ0n) is 9.32. The highest BCUT2D eigenvalue weighted by molar-refractivity contribution is 9.10. The highest BCUT2D eigenvalue weighted by Crippen LogP contribution is 2.26. The molecule has 0 amide bonds. The van der Waals surface area contributed by atoms with Crippen LogP contribution in [-0.4, -0.2) is 36.2 Å². The number of likely N-dealkylation sites (N-methyl/N-ethyl adjacent to an activating group) is 1. The van der Waals surface area contributed by atoms with Crippen molar-refractivity contribution in [1.82, 2.24) is 4.90 Å². The Hall–Kier alpha value is -0.740. The minimum Gasteiger partial charge on any atom is -0.508 e. The lowest BCUT2D eigenvalue weighted by Crippen LogP contribution is -2.30. The number of halogens is 1. The van der Waals surface area contributed by atoms with Crippen LogP contribution < -0.4 is 4.74 Å². The molecule has 0 spiro atoms. The lowest BCUT2D eigenvalue weighted by Gasteiger charge is -2.19. The first-order valence-corrected chi connectivity index (χ1v) is 6.27. The summed E-state index contributed by atoms with van der Waals surface area (Å²) in [5, 5.41) is 9.42. The van der Waals surface area contributed by atoms with Crippen LogP contribution in [0.2, 0.25) is 0 Å². The summed E-state index contributed by atoms with van der Waals surface area (Å²) >= 11 is 3.33. The van der Waals surface area contributed by atoms with E-state index >= 15 is 0 Å². The molecule has 4 heteroatoms. The molecule has 88 valence electrons. The van der Waals surface area contributed by atoms with Crippen molar-refractivity contribution in [1.29, 1.82) is 0 Å². The number of ether oxygens (including phenoxy) is 1. The minimum absolute atomic E-state index is 0.226. The lowest BCUT2D eigenvalue weighted by atomic mass is 10.2. The van der Waals surface area contributed by atoms with Crippen molar-refractivity contribution in [3.63, 3.8) is 0 Å². The maximum atomic E-state index is 9.42. The van der Waals surface area contributed by atoms with Gasteiger partial charge in [0.05, 0.1) is 0 Å². The Morgan fingerprint density at radius 2 is 2.31 bits per heavy atom. The molecule has 1 fully saturated rings. The third-order valence-electron chi connectivity index (χ3n) is 2.97. The van der Waals surface area contributed by atoms with Crippen molar-refractivity contribution in [3.05, 3.63) is 22.7 Å². The second kappa shape index (κ2) is 5.06. The first-order valence-electron chi connectivity index (χ1n) is 5.48. The SMILES string of the molecule is CN1CCC[C@H]1COc1cc(O)cc(Br)c1. The molecule has 1 aliphatic heterocycles. The second-order valence-corrected chi connectivity index (χ2v) is 5.15. The minimum atomic E-state index is 0.226. The monoisotopic (exact) mass is 285 g/mol.